The van der Waals surface area contributed by atoms with Crippen LogP contribution in [-0.2, 0) is 0 Å². The molecule has 4 N–H and O–H groups in total. The number of nitrogen functional groups attached to an aromatic ring is 2. The fraction of sp³-hybridized carbons (Fsp3) is 0.154. The van der Waals surface area contributed by atoms with Gasteiger partial charge in [-0.25, -0.2) is 9.98 Å². The van der Waals surface area contributed by atoms with E-state index in [4.69, 9.17) is 25.7 Å². The smallest absolute Gasteiger partial charge is 0.320 e. The molecule has 3 aromatic heterocycles. The summed E-state index contributed by atoms with van der Waals surface area (Å²) in [5.74, 6) is 0.289. The van der Waals surface area contributed by atoms with Crippen LogP contribution in [0.15, 0.2) is 70.3 Å². The molecule has 2 aromatic carbocycles. The van der Waals surface area contributed by atoms with Crippen molar-refractivity contribution in [3.05, 3.63) is 65.7 Å². The van der Waals surface area contributed by atoms with Gasteiger partial charge in [-0.1, -0.05) is 24.3 Å². The molecular weight excluding hydrogens is 476 g/mol. The van der Waals surface area contributed by atoms with E-state index in [0.717, 1.165) is 22.4 Å². The molecule has 36 heavy (non-hydrogen) atoms. The molecule has 0 unspecified atom stereocenters. The van der Waals surface area contributed by atoms with E-state index in [0.29, 0.717) is 27.3 Å². The highest BCUT2D eigenvalue weighted by Gasteiger charge is 2.20. The van der Waals surface area contributed by atoms with Crippen LogP contribution in [0, 0.1) is 0 Å². The predicted octanol–water partition coefficient (Wildman–Crippen LogP) is 4.10. The Morgan fingerprint density at radius 2 is 1.89 bits per heavy atom. The normalized spacial score (nSPS) is 11.9. The molecule has 0 fully saturated rings. The zero-order valence-electron chi connectivity index (χ0n) is 19.9. The molecule has 10 heteroatoms. The number of aromatic nitrogens is 3. The Bertz CT molecular complexity index is 1590. The van der Waals surface area contributed by atoms with E-state index in [1.165, 1.54) is 11.3 Å². The molecule has 0 amide bonds. The number of thiophene rings is 1. The molecule has 0 radical (unpaired) electrons. The summed E-state index contributed by atoms with van der Waals surface area (Å²) in [6, 6.07) is 17.2. The first kappa shape index (κ1) is 23.3. The molecule has 0 aliphatic heterocycles. The minimum absolute atomic E-state index is 0.0728. The molecule has 0 saturated carbocycles. The first-order chi connectivity index (χ1) is 17.3. The molecular formula is C26H24N6O3S. The number of benzene rings is 2. The molecule has 5 aromatic rings. The molecule has 0 bridgehead atoms. The van der Waals surface area contributed by atoms with Gasteiger partial charge in [-0.2, -0.15) is 0 Å². The van der Waals surface area contributed by atoms with E-state index in [9.17, 15) is 5.11 Å². The van der Waals surface area contributed by atoms with Crippen LogP contribution in [0.1, 0.15) is 24.8 Å². The zero-order valence-corrected chi connectivity index (χ0v) is 20.7. The van der Waals surface area contributed by atoms with Crippen molar-refractivity contribution in [3.63, 3.8) is 0 Å². The van der Waals surface area contributed by atoms with Gasteiger partial charge in [0.05, 0.1) is 23.4 Å². The average molecular weight is 501 g/mol. The van der Waals surface area contributed by atoms with Crippen molar-refractivity contribution in [1.29, 1.82) is 0 Å². The van der Waals surface area contributed by atoms with Gasteiger partial charge in [-0.3, -0.25) is 4.52 Å². The van der Waals surface area contributed by atoms with E-state index in [2.05, 4.69) is 10.3 Å². The highest BCUT2D eigenvalue weighted by Crippen LogP contribution is 2.42. The van der Waals surface area contributed by atoms with Gasteiger partial charge < -0.3 is 21.3 Å². The lowest BCUT2D eigenvalue weighted by atomic mass is 9.99. The van der Waals surface area contributed by atoms with Crippen molar-refractivity contribution in [2.45, 2.75) is 19.9 Å². The monoisotopic (exact) mass is 500 g/mol. The lowest BCUT2D eigenvalue weighted by molar-refractivity contribution is -0.779. The third-order valence-electron chi connectivity index (χ3n) is 5.69. The Morgan fingerprint density at radius 1 is 1.11 bits per heavy atom. The highest BCUT2D eigenvalue weighted by atomic mass is 32.1. The van der Waals surface area contributed by atoms with Gasteiger partial charge in [-0.15, -0.1) is 11.3 Å². The summed E-state index contributed by atoms with van der Waals surface area (Å²) in [6.45, 7) is 3.89. The lowest BCUT2D eigenvalue weighted by Crippen LogP contribution is -2.36. The minimum atomic E-state index is -0.520. The molecule has 3 heterocycles. The topological polar surface area (TPSA) is 139 Å². The Hall–Kier alpha value is -4.44. The van der Waals surface area contributed by atoms with Crippen LogP contribution in [-0.4, -0.2) is 23.3 Å². The molecule has 0 atom stereocenters. The Balaban J connectivity index is 1.70. The molecule has 0 aliphatic carbocycles. The van der Waals surface area contributed by atoms with Crippen LogP contribution < -0.4 is 26.0 Å². The third kappa shape index (κ3) is 4.34. The number of nitrogens with zero attached hydrogens (tertiary/aromatic N) is 4. The fourth-order valence-electron chi connectivity index (χ4n) is 3.79. The molecule has 182 valence electrons. The summed E-state index contributed by atoms with van der Waals surface area (Å²) in [5.41, 5.74) is 16.7. The van der Waals surface area contributed by atoms with E-state index < -0.39 is 5.90 Å². The maximum atomic E-state index is 13.1. The van der Waals surface area contributed by atoms with Gasteiger partial charge in [0.2, 0.25) is 5.27 Å². The summed E-state index contributed by atoms with van der Waals surface area (Å²) < 4.78 is 12.2. The second-order valence-electron chi connectivity index (χ2n) is 8.47. The first-order valence-corrected chi connectivity index (χ1v) is 12.0. The van der Waals surface area contributed by atoms with Crippen LogP contribution in [0.5, 0.6) is 5.75 Å². The largest absolute Gasteiger partial charge is 0.857 e. The quantitative estimate of drug-likeness (QED) is 0.155. The molecule has 5 rings (SSSR count). The number of nitrogens with two attached hydrogens (primary N) is 2. The van der Waals surface area contributed by atoms with Crippen LogP contribution in [0.25, 0.3) is 32.6 Å². The SMILES string of the molecule is COc1cccc(-c2cc(-c3ccc(N)cc3)nc3sc(/C([O-])=N/c4c[n+](C(C)C)no4)c(N)c23)c1. The predicted molar refractivity (Wildman–Crippen MR) is 139 cm³/mol. The number of hydrogen-bond acceptors (Lipinski definition) is 9. The van der Waals surface area contributed by atoms with Crippen molar-refractivity contribution >= 4 is 44.7 Å². The number of rotatable bonds is 6. The van der Waals surface area contributed by atoms with Gasteiger partial charge in [0.25, 0.3) is 6.20 Å². The van der Waals surface area contributed by atoms with Crippen molar-refractivity contribution < 1.29 is 19.0 Å². The van der Waals surface area contributed by atoms with E-state index >= 15 is 0 Å². The minimum Gasteiger partial charge on any atom is -0.857 e. The van der Waals surface area contributed by atoms with Crippen molar-refractivity contribution in [3.8, 4) is 28.1 Å². The van der Waals surface area contributed by atoms with E-state index in [1.807, 2.05) is 68.4 Å². The van der Waals surface area contributed by atoms with Gasteiger partial charge in [0.15, 0.2) is 6.04 Å². The van der Waals surface area contributed by atoms with Crippen molar-refractivity contribution in [2.75, 3.05) is 18.6 Å². The molecule has 0 saturated heterocycles. The molecule has 0 spiro atoms. The number of hydrogen-bond donors (Lipinski definition) is 2. The van der Waals surface area contributed by atoms with Gasteiger partial charge in [-0.05, 0) is 60.0 Å². The van der Waals surface area contributed by atoms with Crippen molar-refractivity contribution in [2.24, 2.45) is 4.99 Å². The standard InChI is InChI=1S/C26H24N6O3S/c1-14(2)32-13-21(35-31-32)30-25(33)24-23(28)22-19(16-5-4-6-18(11-16)34-3)12-20(29-26(22)36-24)15-7-9-17(27)10-8-15/h4-14H,1-3H3,(H4-,27,28,29,30,31,33). The summed E-state index contributed by atoms with van der Waals surface area (Å²) >= 11 is 1.19. The highest BCUT2D eigenvalue weighted by molar-refractivity contribution is 7.21. The number of methoxy groups -OCH3 is 1. The summed E-state index contributed by atoms with van der Waals surface area (Å²) in [6.07, 6.45) is 1.57. The number of ether oxygens (including phenoxy) is 1. The third-order valence-corrected chi connectivity index (χ3v) is 6.78. The molecule has 0 aliphatic rings. The first-order valence-electron chi connectivity index (χ1n) is 11.2. The van der Waals surface area contributed by atoms with Gasteiger partial charge in [0, 0.05) is 22.5 Å². The van der Waals surface area contributed by atoms with Crippen LogP contribution in [0.3, 0.4) is 0 Å². The fourth-order valence-corrected chi connectivity index (χ4v) is 4.80. The molecule has 9 nitrogen and oxygen atoms in total. The lowest BCUT2D eigenvalue weighted by Gasteiger charge is -2.11. The van der Waals surface area contributed by atoms with Gasteiger partial charge in [0.1, 0.15) is 10.6 Å². The summed E-state index contributed by atoms with van der Waals surface area (Å²) in [5, 5.41) is 17.7. The average Bonchev–Trinajstić information content (AvgIpc) is 3.48. The number of aliphatic imine (C=N–C) groups is 1. The van der Waals surface area contributed by atoms with Crippen LogP contribution in [0.2, 0.25) is 0 Å². The number of pyridine rings is 1. The zero-order chi connectivity index (χ0) is 25.4. The second-order valence-corrected chi connectivity index (χ2v) is 9.46. The van der Waals surface area contributed by atoms with E-state index in [1.54, 1.807) is 18.0 Å². The Kier molecular flexibility index (Phi) is 6.03. The number of fused-ring (bicyclic) bond motifs is 1. The van der Waals surface area contributed by atoms with Crippen LogP contribution >= 0.6 is 11.3 Å². The maximum Gasteiger partial charge on any atom is 0.320 e. The van der Waals surface area contributed by atoms with Crippen molar-refractivity contribution in [1.82, 2.24) is 10.3 Å². The number of anilines is 2. The summed E-state index contributed by atoms with van der Waals surface area (Å²) in [4.78, 5) is 9.82. The van der Waals surface area contributed by atoms with Gasteiger partial charge >= 0.3 is 5.88 Å². The Labute approximate surface area is 211 Å². The maximum absolute atomic E-state index is 13.1. The Morgan fingerprint density at radius 3 is 2.58 bits per heavy atom. The summed E-state index contributed by atoms with van der Waals surface area (Å²) in [7, 11) is 1.62. The van der Waals surface area contributed by atoms with E-state index in [-0.39, 0.29) is 16.8 Å². The van der Waals surface area contributed by atoms with Crippen LogP contribution in [0.4, 0.5) is 17.3 Å². The second kappa shape index (κ2) is 9.31.